The van der Waals surface area contributed by atoms with Crippen LogP contribution in [0.1, 0.15) is 69.3 Å². The Labute approximate surface area is 116 Å². The monoisotopic (exact) mass is 259 g/mol. The Morgan fingerprint density at radius 2 is 2.16 bits per heavy atom. The van der Waals surface area contributed by atoms with Gasteiger partial charge < -0.3 is 4.90 Å². The highest BCUT2D eigenvalue weighted by molar-refractivity contribution is 5.78. The molecule has 1 heterocycles. The Balaban J connectivity index is 2.56. The summed E-state index contributed by atoms with van der Waals surface area (Å²) in [6.45, 7) is 11.4. The lowest BCUT2D eigenvalue weighted by atomic mass is 9.78. The number of carbonyl (C=O) groups excluding carboxylic acids is 1. The maximum absolute atomic E-state index is 11.0. The van der Waals surface area contributed by atoms with E-state index in [1.165, 1.54) is 11.3 Å². The van der Waals surface area contributed by atoms with Crippen molar-refractivity contribution in [1.82, 2.24) is 0 Å². The largest absolute Gasteiger partial charge is 0.363 e. The summed E-state index contributed by atoms with van der Waals surface area (Å²) < 4.78 is 0. The molecule has 0 spiro atoms. The normalized spacial score (nSPS) is 22.8. The van der Waals surface area contributed by atoms with E-state index in [4.69, 9.17) is 0 Å². The molecule has 0 amide bonds. The van der Waals surface area contributed by atoms with Crippen molar-refractivity contribution in [2.45, 2.75) is 65.0 Å². The maximum atomic E-state index is 11.0. The van der Waals surface area contributed by atoms with Gasteiger partial charge in [-0.2, -0.15) is 0 Å². The third kappa shape index (κ3) is 2.41. The number of hydrogen-bond donors (Lipinski definition) is 0. The summed E-state index contributed by atoms with van der Waals surface area (Å²) in [5.41, 5.74) is 3.59. The summed E-state index contributed by atoms with van der Waals surface area (Å²) in [4.78, 5) is 13.5. The fourth-order valence-corrected chi connectivity index (χ4v) is 3.56. The van der Waals surface area contributed by atoms with Crippen molar-refractivity contribution < 1.29 is 4.79 Å². The summed E-state index contributed by atoms with van der Waals surface area (Å²) >= 11 is 0. The number of fused-ring (bicyclic) bond motifs is 1. The molecule has 0 saturated carbocycles. The zero-order valence-corrected chi connectivity index (χ0v) is 12.7. The average molecular weight is 259 g/mol. The zero-order chi connectivity index (χ0) is 14.2. The van der Waals surface area contributed by atoms with E-state index in [1.807, 2.05) is 6.07 Å². The van der Waals surface area contributed by atoms with Crippen LogP contribution < -0.4 is 4.90 Å². The fraction of sp³-hybridized carbons (Fsp3) is 0.588. The van der Waals surface area contributed by atoms with Crippen LogP contribution in [0.4, 0.5) is 5.69 Å². The molecule has 2 atom stereocenters. The molecule has 2 heteroatoms. The van der Waals surface area contributed by atoms with Gasteiger partial charge in [-0.1, -0.05) is 13.8 Å². The van der Waals surface area contributed by atoms with Crippen LogP contribution in [0.25, 0.3) is 0 Å². The molecule has 2 unspecified atom stereocenters. The van der Waals surface area contributed by atoms with E-state index in [0.717, 1.165) is 24.7 Å². The molecule has 2 nitrogen and oxygen atoms in total. The van der Waals surface area contributed by atoms with Gasteiger partial charge in [-0.25, -0.2) is 0 Å². The minimum Gasteiger partial charge on any atom is -0.363 e. The van der Waals surface area contributed by atoms with Gasteiger partial charge in [0.1, 0.15) is 6.29 Å². The molecule has 0 aromatic heterocycles. The quantitative estimate of drug-likeness (QED) is 0.750. The lowest BCUT2D eigenvalue weighted by Gasteiger charge is -2.50. The smallest absolute Gasteiger partial charge is 0.150 e. The molecular formula is C17H25NO. The van der Waals surface area contributed by atoms with Crippen LogP contribution in [0, 0.1) is 0 Å². The van der Waals surface area contributed by atoms with E-state index in [2.05, 4.69) is 51.7 Å². The topological polar surface area (TPSA) is 20.3 Å². The molecule has 1 aliphatic heterocycles. The van der Waals surface area contributed by atoms with E-state index >= 15 is 0 Å². The van der Waals surface area contributed by atoms with E-state index < -0.39 is 0 Å². The van der Waals surface area contributed by atoms with Crippen molar-refractivity contribution in [1.29, 1.82) is 0 Å². The molecule has 0 N–H and O–H groups in total. The molecular weight excluding hydrogens is 234 g/mol. The van der Waals surface area contributed by atoms with Crippen molar-refractivity contribution in [3.05, 3.63) is 29.3 Å². The number of nitrogens with zero attached hydrogens (tertiary/aromatic N) is 1. The summed E-state index contributed by atoms with van der Waals surface area (Å²) in [5.74, 6) is 0.505. The highest BCUT2D eigenvalue weighted by Crippen LogP contribution is 2.44. The van der Waals surface area contributed by atoms with Gasteiger partial charge in [-0.3, -0.25) is 4.79 Å². The van der Waals surface area contributed by atoms with Gasteiger partial charge >= 0.3 is 0 Å². The summed E-state index contributed by atoms with van der Waals surface area (Å²) in [6, 6.07) is 6.65. The van der Waals surface area contributed by atoms with Gasteiger partial charge in [-0.05, 0) is 63.3 Å². The number of hydrogen-bond acceptors (Lipinski definition) is 2. The first-order valence-corrected chi connectivity index (χ1v) is 7.29. The Morgan fingerprint density at radius 1 is 1.47 bits per heavy atom. The van der Waals surface area contributed by atoms with Gasteiger partial charge in [0.2, 0.25) is 0 Å². The van der Waals surface area contributed by atoms with Crippen molar-refractivity contribution in [3.8, 4) is 0 Å². The molecule has 0 bridgehead atoms. The highest BCUT2D eigenvalue weighted by atomic mass is 16.1. The average Bonchev–Trinajstić information content (AvgIpc) is 2.37. The molecule has 0 saturated heterocycles. The van der Waals surface area contributed by atoms with Crippen LogP contribution in [0.5, 0.6) is 0 Å². The van der Waals surface area contributed by atoms with E-state index in [0.29, 0.717) is 12.0 Å². The predicted octanol–water partition coefficient (Wildman–Crippen LogP) is 4.39. The molecule has 1 aromatic carbocycles. The minimum atomic E-state index is 0.171. The number of rotatable bonds is 3. The van der Waals surface area contributed by atoms with E-state index in [-0.39, 0.29) is 5.54 Å². The molecule has 104 valence electrons. The van der Waals surface area contributed by atoms with Crippen molar-refractivity contribution in [3.63, 3.8) is 0 Å². The third-order valence-electron chi connectivity index (χ3n) is 4.47. The SMILES string of the molecule is CCC(C)N1c2ccc(C=O)cc2C(C)CC1(C)C. The molecule has 0 fully saturated rings. The predicted molar refractivity (Wildman–Crippen MR) is 81.2 cm³/mol. The Kier molecular flexibility index (Phi) is 3.71. The standard InChI is InChI=1S/C17H25NO/c1-6-13(3)18-16-8-7-14(11-19)9-15(16)12(2)10-17(18,4)5/h7-9,11-13H,6,10H2,1-5H3. The first-order valence-electron chi connectivity index (χ1n) is 7.29. The second kappa shape index (κ2) is 4.99. The van der Waals surface area contributed by atoms with Crippen LogP contribution in [0.15, 0.2) is 18.2 Å². The maximum Gasteiger partial charge on any atom is 0.150 e. The van der Waals surface area contributed by atoms with Gasteiger partial charge in [0.25, 0.3) is 0 Å². The Hall–Kier alpha value is -1.31. The van der Waals surface area contributed by atoms with Gasteiger partial charge in [0, 0.05) is 22.8 Å². The number of benzene rings is 1. The first-order chi connectivity index (χ1) is 8.90. The second-order valence-electron chi connectivity index (χ2n) is 6.48. The second-order valence-corrected chi connectivity index (χ2v) is 6.48. The lowest BCUT2D eigenvalue weighted by Crippen LogP contribution is -2.52. The lowest BCUT2D eigenvalue weighted by molar-refractivity contribution is 0.112. The van der Waals surface area contributed by atoms with Crippen molar-refractivity contribution >= 4 is 12.0 Å². The summed E-state index contributed by atoms with van der Waals surface area (Å²) in [7, 11) is 0. The Bertz CT molecular complexity index is 478. The van der Waals surface area contributed by atoms with Crippen LogP contribution in [0.2, 0.25) is 0 Å². The highest BCUT2D eigenvalue weighted by Gasteiger charge is 2.38. The van der Waals surface area contributed by atoms with Crippen LogP contribution in [-0.4, -0.2) is 17.9 Å². The van der Waals surface area contributed by atoms with Crippen LogP contribution in [-0.2, 0) is 0 Å². The molecule has 0 radical (unpaired) electrons. The number of aldehydes is 1. The van der Waals surface area contributed by atoms with E-state index in [1.54, 1.807) is 0 Å². The summed E-state index contributed by atoms with van der Waals surface area (Å²) in [6.07, 6.45) is 3.21. The minimum absolute atomic E-state index is 0.171. The number of carbonyl (C=O) groups is 1. The van der Waals surface area contributed by atoms with Crippen molar-refractivity contribution in [2.75, 3.05) is 4.90 Å². The first kappa shape index (κ1) is 14.1. The fourth-order valence-electron chi connectivity index (χ4n) is 3.56. The van der Waals surface area contributed by atoms with Gasteiger partial charge in [-0.15, -0.1) is 0 Å². The van der Waals surface area contributed by atoms with Gasteiger partial charge in [0.05, 0.1) is 0 Å². The molecule has 19 heavy (non-hydrogen) atoms. The van der Waals surface area contributed by atoms with E-state index in [9.17, 15) is 4.79 Å². The van der Waals surface area contributed by atoms with Crippen molar-refractivity contribution in [2.24, 2.45) is 0 Å². The molecule has 2 rings (SSSR count). The summed E-state index contributed by atoms with van der Waals surface area (Å²) in [5, 5.41) is 0. The molecule has 1 aliphatic rings. The number of anilines is 1. The third-order valence-corrected chi connectivity index (χ3v) is 4.47. The van der Waals surface area contributed by atoms with Crippen LogP contribution in [0.3, 0.4) is 0 Å². The van der Waals surface area contributed by atoms with Crippen LogP contribution >= 0.6 is 0 Å². The molecule has 1 aromatic rings. The zero-order valence-electron chi connectivity index (χ0n) is 12.7. The Morgan fingerprint density at radius 3 is 2.74 bits per heavy atom. The van der Waals surface area contributed by atoms with Gasteiger partial charge in [0.15, 0.2) is 0 Å². The molecule has 0 aliphatic carbocycles.